The van der Waals surface area contributed by atoms with Crippen molar-refractivity contribution < 1.29 is 13.9 Å². The fourth-order valence-electron chi connectivity index (χ4n) is 2.03. The van der Waals surface area contributed by atoms with Crippen LogP contribution in [0.1, 0.15) is 41.7 Å². The van der Waals surface area contributed by atoms with Crippen molar-refractivity contribution in [1.82, 2.24) is 10.3 Å². The Labute approximate surface area is 122 Å². The summed E-state index contributed by atoms with van der Waals surface area (Å²) in [6, 6.07) is -0.262. The van der Waals surface area contributed by atoms with Gasteiger partial charge in [0.05, 0.1) is 12.1 Å². The van der Waals surface area contributed by atoms with Crippen LogP contribution in [0.5, 0.6) is 0 Å². The van der Waals surface area contributed by atoms with Crippen molar-refractivity contribution in [3.05, 3.63) is 17.8 Å². The fourth-order valence-corrected chi connectivity index (χ4v) is 2.52. The molecule has 0 saturated carbocycles. The van der Waals surface area contributed by atoms with Gasteiger partial charge in [-0.2, -0.15) is 11.8 Å². The molecule has 1 fully saturated rings. The summed E-state index contributed by atoms with van der Waals surface area (Å²) in [4.78, 5) is 16.1. The number of hydrogen-bond donors (Lipinski definition) is 2. The van der Waals surface area contributed by atoms with Gasteiger partial charge in [0.25, 0.3) is 5.91 Å². The molecule has 1 aliphatic heterocycles. The summed E-state index contributed by atoms with van der Waals surface area (Å²) in [5.41, 5.74) is 6.22. The molecule has 112 valence electrons. The van der Waals surface area contributed by atoms with Crippen molar-refractivity contribution in [2.75, 3.05) is 25.2 Å². The summed E-state index contributed by atoms with van der Waals surface area (Å²) in [6.07, 6.45) is 6.32. The van der Waals surface area contributed by atoms with Gasteiger partial charge < -0.3 is 20.2 Å². The second kappa shape index (κ2) is 7.66. The molecule has 0 bridgehead atoms. The van der Waals surface area contributed by atoms with Gasteiger partial charge in [-0.1, -0.05) is 0 Å². The first-order valence-corrected chi connectivity index (χ1v) is 8.20. The van der Waals surface area contributed by atoms with Gasteiger partial charge in [-0.15, -0.1) is 0 Å². The zero-order valence-corrected chi connectivity index (χ0v) is 12.4. The Hall–Kier alpha value is -1.05. The van der Waals surface area contributed by atoms with E-state index in [0.717, 1.165) is 31.6 Å². The Morgan fingerprint density at radius 2 is 2.55 bits per heavy atom. The number of nitrogens with one attached hydrogen (secondary N) is 1. The summed E-state index contributed by atoms with van der Waals surface area (Å²) < 4.78 is 10.7. The monoisotopic (exact) mass is 299 g/mol. The highest BCUT2D eigenvalue weighted by molar-refractivity contribution is 7.98. The predicted octanol–water partition coefficient (Wildman–Crippen LogP) is 1.34. The molecule has 0 aliphatic carbocycles. The molecule has 2 heterocycles. The summed E-state index contributed by atoms with van der Waals surface area (Å²) in [5.74, 6) is 1.11. The third-order valence-electron chi connectivity index (χ3n) is 3.22. The van der Waals surface area contributed by atoms with E-state index in [-0.39, 0.29) is 23.7 Å². The SMILES string of the molecule is CSCCC(N)c1nc(C(=O)NCC2CCCO2)co1. The van der Waals surface area contributed by atoms with Crippen LogP contribution in [-0.4, -0.2) is 42.2 Å². The number of carbonyl (C=O) groups is 1. The summed E-state index contributed by atoms with van der Waals surface area (Å²) in [5, 5.41) is 2.80. The number of hydrogen-bond acceptors (Lipinski definition) is 6. The average molecular weight is 299 g/mol. The Balaban J connectivity index is 1.82. The van der Waals surface area contributed by atoms with Gasteiger partial charge in [-0.3, -0.25) is 4.79 Å². The molecule has 0 radical (unpaired) electrons. The van der Waals surface area contributed by atoms with Crippen LogP contribution < -0.4 is 11.1 Å². The number of nitrogens with two attached hydrogens (primary N) is 1. The maximum Gasteiger partial charge on any atom is 0.273 e. The van der Waals surface area contributed by atoms with Crippen LogP contribution >= 0.6 is 11.8 Å². The standard InChI is InChI=1S/C13H21N3O3S/c1-20-6-4-10(14)13-16-11(8-19-13)12(17)15-7-9-3-2-5-18-9/h8-10H,2-7,14H2,1H3,(H,15,17). The predicted molar refractivity (Wildman–Crippen MR) is 77.7 cm³/mol. The zero-order chi connectivity index (χ0) is 14.4. The molecule has 7 heteroatoms. The maximum absolute atomic E-state index is 11.9. The summed E-state index contributed by atoms with van der Waals surface area (Å²) in [6.45, 7) is 1.29. The van der Waals surface area contributed by atoms with Crippen LogP contribution in [0.2, 0.25) is 0 Å². The third kappa shape index (κ3) is 4.22. The smallest absolute Gasteiger partial charge is 0.273 e. The van der Waals surface area contributed by atoms with Gasteiger partial charge in [-0.05, 0) is 31.3 Å². The molecule has 0 spiro atoms. The quantitative estimate of drug-likeness (QED) is 0.789. The highest BCUT2D eigenvalue weighted by Gasteiger charge is 2.19. The zero-order valence-electron chi connectivity index (χ0n) is 11.6. The van der Waals surface area contributed by atoms with Gasteiger partial charge >= 0.3 is 0 Å². The lowest BCUT2D eigenvalue weighted by molar-refractivity contribution is 0.0853. The molecule has 1 amide bonds. The second-order valence-corrected chi connectivity index (χ2v) is 5.79. The number of carbonyl (C=O) groups excluding carboxylic acids is 1. The van der Waals surface area contributed by atoms with Crippen molar-refractivity contribution in [1.29, 1.82) is 0 Å². The third-order valence-corrected chi connectivity index (χ3v) is 3.86. The normalized spacial score (nSPS) is 20.0. The van der Waals surface area contributed by atoms with Crippen LogP contribution in [0.4, 0.5) is 0 Å². The van der Waals surface area contributed by atoms with Crippen LogP contribution in [0.3, 0.4) is 0 Å². The minimum absolute atomic E-state index is 0.120. The molecular weight excluding hydrogens is 278 g/mol. The molecule has 20 heavy (non-hydrogen) atoms. The molecule has 2 unspecified atom stereocenters. The lowest BCUT2D eigenvalue weighted by atomic mass is 10.2. The lowest BCUT2D eigenvalue weighted by Crippen LogP contribution is -2.32. The summed E-state index contributed by atoms with van der Waals surface area (Å²) in [7, 11) is 0. The first-order valence-electron chi connectivity index (χ1n) is 6.80. The lowest BCUT2D eigenvalue weighted by Gasteiger charge is -2.09. The van der Waals surface area contributed by atoms with Gasteiger partial charge in [0, 0.05) is 13.2 Å². The Bertz CT molecular complexity index is 432. The summed E-state index contributed by atoms with van der Waals surface area (Å²) >= 11 is 1.72. The number of ether oxygens (including phenoxy) is 1. The van der Waals surface area contributed by atoms with Crippen molar-refractivity contribution >= 4 is 17.7 Å². The topological polar surface area (TPSA) is 90.4 Å². The number of amides is 1. The van der Waals surface area contributed by atoms with Crippen molar-refractivity contribution in [3.63, 3.8) is 0 Å². The van der Waals surface area contributed by atoms with E-state index in [4.69, 9.17) is 14.9 Å². The van der Waals surface area contributed by atoms with Gasteiger partial charge in [0.2, 0.25) is 5.89 Å². The van der Waals surface area contributed by atoms with Crippen molar-refractivity contribution in [2.24, 2.45) is 5.73 Å². The fraction of sp³-hybridized carbons (Fsp3) is 0.692. The van der Waals surface area contributed by atoms with Crippen LogP contribution in [0.15, 0.2) is 10.7 Å². The van der Waals surface area contributed by atoms with Crippen molar-refractivity contribution in [2.45, 2.75) is 31.4 Å². The van der Waals surface area contributed by atoms with Crippen molar-refractivity contribution in [3.8, 4) is 0 Å². The first-order chi connectivity index (χ1) is 9.70. The molecule has 6 nitrogen and oxygen atoms in total. The molecule has 1 saturated heterocycles. The van der Waals surface area contributed by atoms with Gasteiger partial charge in [0.1, 0.15) is 6.26 Å². The molecule has 1 aliphatic rings. The Morgan fingerprint density at radius 3 is 3.25 bits per heavy atom. The number of thioether (sulfide) groups is 1. The number of nitrogens with zero attached hydrogens (tertiary/aromatic N) is 1. The van der Waals surface area contributed by atoms with Crippen LogP contribution in [0, 0.1) is 0 Å². The highest BCUT2D eigenvalue weighted by Crippen LogP contribution is 2.16. The number of aromatic nitrogens is 1. The van der Waals surface area contributed by atoms with Crippen LogP contribution in [0.25, 0.3) is 0 Å². The second-order valence-electron chi connectivity index (χ2n) is 4.80. The minimum Gasteiger partial charge on any atom is -0.446 e. The molecule has 2 rings (SSSR count). The largest absolute Gasteiger partial charge is 0.446 e. The van der Waals surface area contributed by atoms with E-state index in [1.165, 1.54) is 6.26 Å². The van der Waals surface area contributed by atoms with E-state index >= 15 is 0 Å². The van der Waals surface area contributed by atoms with Crippen LogP contribution in [-0.2, 0) is 4.74 Å². The van der Waals surface area contributed by atoms with E-state index < -0.39 is 0 Å². The first kappa shape index (κ1) is 15.3. The Kier molecular flexibility index (Phi) is 5.87. The number of oxazole rings is 1. The minimum atomic E-state index is -0.262. The molecule has 1 aromatic heterocycles. The van der Waals surface area contributed by atoms with E-state index in [1.807, 2.05) is 6.26 Å². The molecule has 0 aromatic carbocycles. The van der Waals surface area contributed by atoms with Gasteiger partial charge in [-0.25, -0.2) is 4.98 Å². The molecule has 2 atom stereocenters. The molecular formula is C13H21N3O3S. The average Bonchev–Trinajstić information content (AvgIpc) is 3.12. The van der Waals surface area contributed by atoms with E-state index in [1.54, 1.807) is 11.8 Å². The van der Waals surface area contributed by atoms with E-state index in [0.29, 0.717) is 12.4 Å². The van der Waals surface area contributed by atoms with Gasteiger partial charge in [0.15, 0.2) is 5.69 Å². The van der Waals surface area contributed by atoms with E-state index in [9.17, 15) is 4.79 Å². The van der Waals surface area contributed by atoms with E-state index in [2.05, 4.69) is 10.3 Å². The number of rotatable bonds is 7. The highest BCUT2D eigenvalue weighted by atomic mass is 32.2. The Morgan fingerprint density at radius 1 is 1.70 bits per heavy atom. The molecule has 3 N–H and O–H groups in total. The molecule has 1 aromatic rings. The maximum atomic E-state index is 11.9.